The van der Waals surface area contributed by atoms with Crippen LogP contribution >= 0.6 is 11.3 Å². The van der Waals surface area contributed by atoms with Gasteiger partial charge < -0.3 is 10.5 Å². The van der Waals surface area contributed by atoms with Crippen LogP contribution in [-0.4, -0.2) is 12.9 Å². The summed E-state index contributed by atoms with van der Waals surface area (Å²) in [6.45, 7) is 0. The van der Waals surface area contributed by atoms with Crippen LogP contribution in [0.5, 0.6) is 5.75 Å². The van der Waals surface area contributed by atoms with E-state index in [4.69, 9.17) is 15.9 Å². The number of amidine groups is 1. The van der Waals surface area contributed by atoms with Crippen LogP contribution in [0.25, 0.3) is 21.2 Å². The Kier molecular flexibility index (Phi) is 3.16. The predicted octanol–water partition coefficient (Wildman–Crippen LogP) is 3.86. The van der Waals surface area contributed by atoms with Gasteiger partial charge in [-0.2, -0.15) is 0 Å². The third kappa shape index (κ3) is 2.14. The summed E-state index contributed by atoms with van der Waals surface area (Å²) in [5.41, 5.74) is 7.82. The molecule has 0 radical (unpaired) electrons. The highest BCUT2D eigenvalue weighted by atomic mass is 32.1. The van der Waals surface area contributed by atoms with E-state index in [-0.39, 0.29) is 5.84 Å². The lowest BCUT2D eigenvalue weighted by Crippen LogP contribution is -2.08. The van der Waals surface area contributed by atoms with E-state index < -0.39 is 0 Å². The maximum absolute atomic E-state index is 7.58. The van der Waals surface area contributed by atoms with Gasteiger partial charge in [0.2, 0.25) is 0 Å². The molecular weight excluding hydrogens is 268 g/mol. The fourth-order valence-corrected chi connectivity index (χ4v) is 3.19. The molecule has 20 heavy (non-hydrogen) atoms. The second-order valence-electron chi connectivity index (χ2n) is 4.47. The highest BCUT2D eigenvalue weighted by Gasteiger charge is 2.09. The van der Waals surface area contributed by atoms with Crippen molar-refractivity contribution in [2.45, 2.75) is 0 Å². The van der Waals surface area contributed by atoms with Gasteiger partial charge >= 0.3 is 0 Å². The Balaban J connectivity index is 2.22. The highest BCUT2D eigenvalue weighted by molar-refractivity contribution is 7.20. The first-order valence-electron chi connectivity index (χ1n) is 6.20. The Bertz CT molecular complexity index is 792. The number of rotatable bonds is 3. The van der Waals surface area contributed by atoms with Gasteiger partial charge in [0, 0.05) is 10.1 Å². The lowest BCUT2D eigenvalue weighted by atomic mass is 10.0. The molecule has 3 aromatic rings. The quantitative estimate of drug-likeness (QED) is 0.566. The number of benzene rings is 2. The van der Waals surface area contributed by atoms with Gasteiger partial charge in [0.15, 0.2) is 0 Å². The second-order valence-corrected chi connectivity index (χ2v) is 5.56. The average Bonchev–Trinajstić information content (AvgIpc) is 2.91. The highest BCUT2D eigenvalue weighted by Crippen LogP contribution is 2.35. The van der Waals surface area contributed by atoms with Gasteiger partial charge in [0.05, 0.1) is 12.0 Å². The molecule has 0 aliphatic rings. The molecule has 0 unspecified atom stereocenters. The molecule has 0 saturated carbocycles. The summed E-state index contributed by atoms with van der Waals surface area (Å²) in [5, 5.41) is 8.70. The first-order chi connectivity index (χ1) is 9.69. The zero-order valence-electron chi connectivity index (χ0n) is 11.0. The van der Waals surface area contributed by atoms with Crippen molar-refractivity contribution in [3.8, 4) is 16.9 Å². The van der Waals surface area contributed by atoms with Crippen molar-refractivity contribution >= 4 is 27.3 Å². The van der Waals surface area contributed by atoms with Crippen molar-refractivity contribution in [3.05, 3.63) is 53.4 Å². The van der Waals surface area contributed by atoms with Gasteiger partial charge in [-0.3, -0.25) is 5.41 Å². The monoisotopic (exact) mass is 282 g/mol. The Hall–Kier alpha value is -2.33. The summed E-state index contributed by atoms with van der Waals surface area (Å²) in [6.07, 6.45) is 0. The number of nitrogens with one attached hydrogen (secondary N) is 1. The lowest BCUT2D eigenvalue weighted by molar-refractivity contribution is 0.415. The molecule has 0 spiro atoms. The van der Waals surface area contributed by atoms with Gasteiger partial charge in [-0.1, -0.05) is 24.3 Å². The first-order valence-corrected chi connectivity index (χ1v) is 7.02. The largest absolute Gasteiger partial charge is 0.497 e. The molecule has 4 heteroatoms. The normalized spacial score (nSPS) is 10.7. The predicted molar refractivity (Wildman–Crippen MR) is 84.8 cm³/mol. The van der Waals surface area contributed by atoms with Gasteiger partial charge in [-0.05, 0) is 35.4 Å². The first kappa shape index (κ1) is 12.7. The molecule has 0 aliphatic carbocycles. The lowest BCUT2D eigenvalue weighted by Gasteiger charge is -2.06. The Morgan fingerprint density at radius 1 is 1.15 bits per heavy atom. The fourth-order valence-electron chi connectivity index (χ4n) is 2.24. The number of nitrogens with two attached hydrogens (primary N) is 1. The van der Waals surface area contributed by atoms with E-state index in [0.717, 1.165) is 31.8 Å². The topological polar surface area (TPSA) is 59.1 Å². The Labute approximate surface area is 121 Å². The van der Waals surface area contributed by atoms with Crippen LogP contribution in [0.2, 0.25) is 0 Å². The summed E-state index contributed by atoms with van der Waals surface area (Å²) in [6, 6.07) is 16.1. The zero-order valence-corrected chi connectivity index (χ0v) is 11.8. The fraction of sp³-hybridized carbons (Fsp3) is 0.0625. The number of thiophene rings is 1. The third-order valence-corrected chi connectivity index (χ3v) is 4.34. The molecule has 100 valence electrons. The molecule has 1 heterocycles. The van der Waals surface area contributed by atoms with Crippen LogP contribution < -0.4 is 10.5 Å². The minimum atomic E-state index is 0.114. The molecule has 0 atom stereocenters. The smallest absolute Gasteiger partial charge is 0.133 e. The molecule has 3 nitrogen and oxygen atoms in total. The van der Waals surface area contributed by atoms with E-state index in [0.29, 0.717) is 0 Å². The molecule has 0 fully saturated rings. The van der Waals surface area contributed by atoms with Gasteiger partial charge in [0.25, 0.3) is 0 Å². The number of ether oxygens (including phenoxy) is 1. The van der Waals surface area contributed by atoms with Gasteiger partial charge in [0.1, 0.15) is 11.6 Å². The van der Waals surface area contributed by atoms with E-state index in [2.05, 4.69) is 18.2 Å². The third-order valence-electron chi connectivity index (χ3n) is 3.21. The van der Waals surface area contributed by atoms with Crippen LogP contribution in [0.1, 0.15) is 4.88 Å². The number of nitrogen functional groups attached to an aromatic ring is 1. The number of hydrogen-bond acceptors (Lipinski definition) is 3. The maximum atomic E-state index is 7.58. The molecule has 1 aromatic heterocycles. The van der Waals surface area contributed by atoms with Crippen molar-refractivity contribution in [2.24, 2.45) is 5.73 Å². The van der Waals surface area contributed by atoms with Crippen molar-refractivity contribution in [1.82, 2.24) is 0 Å². The summed E-state index contributed by atoms with van der Waals surface area (Å²) >= 11 is 1.54. The summed E-state index contributed by atoms with van der Waals surface area (Å²) < 4.78 is 6.42. The molecule has 0 saturated heterocycles. The van der Waals surface area contributed by atoms with Crippen LogP contribution in [0.15, 0.2) is 48.5 Å². The van der Waals surface area contributed by atoms with E-state index in [1.165, 1.54) is 0 Å². The van der Waals surface area contributed by atoms with Crippen molar-refractivity contribution in [2.75, 3.05) is 7.11 Å². The van der Waals surface area contributed by atoms with Crippen LogP contribution in [-0.2, 0) is 0 Å². The van der Waals surface area contributed by atoms with Crippen molar-refractivity contribution in [1.29, 1.82) is 5.41 Å². The van der Waals surface area contributed by atoms with E-state index in [1.54, 1.807) is 18.4 Å². The van der Waals surface area contributed by atoms with Gasteiger partial charge in [-0.25, -0.2) is 0 Å². The summed E-state index contributed by atoms with van der Waals surface area (Å²) in [7, 11) is 1.66. The standard InChI is InChI=1S/C16H14N2OS/c1-19-11-5-2-4-10(8-11)12-6-3-7-14-13(12)9-15(20-14)16(17)18/h2-9H,1H3,(H3,17,18). The van der Waals surface area contributed by atoms with E-state index in [1.807, 2.05) is 30.3 Å². The SMILES string of the molecule is COc1cccc(-c2cccc3sc(C(=N)N)cc23)c1. The van der Waals surface area contributed by atoms with Crippen molar-refractivity contribution in [3.63, 3.8) is 0 Å². The summed E-state index contributed by atoms with van der Waals surface area (Å²) in [5.74, 6) is 0.948. The second kappa shape index (κ2) is 4.98. The van der Waals surface area contributed by atoms with Crippen LogP contribution in [0, 0.1) is 5.41 Å². The zero-order chi connectivity index (χ0) is 14.1. The maximum Gasteiger partial charge on any atom is 0.133 e. The van der Waals surface area contributed by atoms with Crippen LogP contribution in [0.4, 0.5) is 0 Å². The molecule has 0 aliphatic heterocycles. The molecule has 0 bridgehead atoms. The molecule has 3 rings (SSSR count). The molecule has 2 aromatic carbocycles. The Morgan fingerprint density at radius 2 is 1.95 bits per heavy atom. The van der Waals surface area contributed by atoms with Crippen LogP contribution in [0.3, 0.4) is 0 Å². The minimum Gasteiger partial charge on any atom is -0.497 e. The van der Waals surface area contributed by atoms with Crippen molar-refractivity contribution < 1.29 is 4.74 Å². The van der Waals surface area contributed by atoms with E-state index >= 15 is 0 Å². The van der Waals surface area contributed by atoms with E-state index in [9.17, 15) is 0 Å². The summed E-state index contributed by atoms with van der Waals surface area (Å²) in [4.78, 5) is 0.801. The molecule has 3 N–H and O–H groups in total. The number of methoxy groups -OCH3 is 1. The Morgan fingerprint density at radius 3 is 2.70 bits per heavy atom. The number of hydrogen-bond donors (Lipinski definition) is 2. The van der Waals surface area contributed by atoms with Gasteiger partial charge in [-0.15, -0.1) is 11.3 Å². The minimum absolute atomic E-state index is 0.114. The number of fused-ring (bicyclic) bond motifs is 1. The molecular formula is C16H14N2OS. The molecule has 0 amide bonds. The average molecular weight is 282 g/mol.